The lowest BCUT2D eigenvalue weighted by atomic mass is 9.93. The Kier molecular flexibility index (Phi) is 3.56. The number of aromatic nitrogens is 3. The van der Waals surface area contributed by atoms with Crippen molar-refractivity contribution in [1.29, 1.82) is 0 Å². The van der Waals surface area contributed by atoms with Crippen LogP contribution in [0.15, 0.2) is 36.7 Å². The van der Waals surface area contributed by atoms with Crippen molar-refractivity contribution in [2.45, 2.75) is 38.6 Å². The minimum atomic E-state index is -0.925. The Morgan fingerprint density at radius 2 is 2.17 bits per heavy atom. The molecule has 5 nitrogen and oxygen atoms in total. The van der Waals surface area contributed by atoms with Gasteiger partial charge in [0.1, 0.15) is 0 Å². The lowest BCUT2D eigenvalue weighted by Crippen LogP contribution is -2.18. The van der Waals surface area contributed by atoms with E-state index in [4.69, 9.17) is 5.10 Å². The molecule has 0 spiro atoms. The first-order valence-corrected chi connectivity index (χ1v) is 8.27. The lowest BCUT2D eigenvalue weighted by Gasteiger charge is -2.26. The summed E-state index contributed by atoms with van der Waals surface area (Å²) < 4.78 is 2.13. The van der Waals surface area contributed by atoms with E-state index in [1.807, 2.05) is 0 Å². The van der Waals surface area contributed by atoms with E-state index in [9.17, 15) is 9.90 Å². The number of carboxylic acid groups (broad SMARTS) is 1. The maximum absolute atomic E-state index is 11.4. The molecular formula is C19H19N3O2. The number of aromatic carboxylic acids is 1. The molecule has 4 rings (SSSR count). The standard InChI is InChI=1S/C19H19N3O2/c1-12-5-6-18-16(9-12)17(21-22(18)14-3-2-4-14)10-13-11-20-8-7-15(13)19(23)24/h5-9,11,14H,2-4,10H2,1H3,(H,23,24). The molecule has 1 N–H and O–H groups in total. The minimum absolute atomic E-state index is 0.295. The van der Waals surface area contributed by atoms with Crippen molar-refractivity contribution >= 4 is 16.9 Å². The van der Waals surface area contributed by atoms with Crippen LogP contribution in [0.1, 0.15) is 52.5 Å². The quantitative estimate of drug-likeness (QED) is 0.794. The highest BCUT2D eigenvalue weighted by molar-refractivity contribution is 5.90. The molecule has 0 amide bonds. The number of nitrogens with zero attached hydrogens (tertiary/aromatic N) is 3. The zero-order valence-electron chi connectivity index (χ0n) is 13.6. The van der Waals surface area contributed by atoms with Gasteiger partial charge in [0.25, 0.3) is 0 Å². The molecule has 24 heavy (non-hydrogen) atoms. The van der Waals surface area contributed by atoms with Gasteiger partial charge in [-0.1, -0.05) is 11.6 Å². The Balaban J connectivity index is 1.82. The van der Waals surface area contributed by atoms with Gasteiger partial charge in [-0.25, -0.2) is 4.79 Å². The summed E-state index contributed by atoms with van der Waals surface area (Å²) in [6.07, 6.45) is 7.21. The molecule has 3 aromatic rings. The van der Waals surface area contributed by atoms with Crippen LogP contribution >= 0.6 is 0 Å². The van der Waals surface area contributed by atoms with Gasteiger partial charge in [-0.3, -0.25) is 9.67 Å². The molecule has 1 fully saturated rings. The van der Waals surface area contributed by atoms with E-state index < -0.39 is 5.97 Å². The summed E-state index contributed by atoms with van der Waals surface area (Å²) in [5.74, 6) is -0.925. The topological polar surface area (TPSA) is 68.0 Å². The largest absolute Gasteiger partial charge is 0.478 e. The van der Waals surface area contributed by atoms with Crippen molar-refractivity contribution in [1.82, 2.24) is 14.8 Å². The Labute approximate surface area is 140 Å². The Morgan fingerprint density at radius 1 is 1.33 bits per heavy atom. The monoisotopic (exact) mass is 321 g/mol. The van der Waals surface area contributed by atoms with Crippen LogP contribution in [0.2, 0.25) is 0 Å². The molecule has 0 unspecified atom stereocenters. The fourth-order valence-corrected chi connectivity index (χ4v) is 3.32. The fraction of sp³-hybridized carbons (Fsp3) is 0.316. The zero-order chi connectivity index (χ0) is 16.7. The molecule has 0 aliphatic heterocycles. The Bertz CT molecular complexity index is 926. The van der Waals surface area contributed by atoms with E-state index in [-0.39, 0.29) is 0 Å². The van der Waals surface area contributed by atoms with Crippen molar-refractivity contribution in [3.05, 3.63) is 59.0 Å². The molecular weight excluding hydrogens is 302 g/mol. The third kappa shape index (κ3) is 2.46. The van der Waals surface area contributed by atoms with E-state index in [1.54, 1.807) is 12.3 Å². The average Bonchev–Trinajstić information content (AvgIpc) is 2.84. The number of pyridine rings is 1. The lowest BCUT2D eigenvalue weighted by molar-refractivity contribution is 0.0695. The second kappa shape index (κ2) is 5.74. The number of carbonyl (C=O) groups is 1. The molecule has 0 bridgehead atoms. The number of benzene rings is 1. The number of hydrogen-bond donors (Lipinski definition) is 1. The summed E-state index contributed by atoms with van der Waals surface area (Å²) in [6.45, 7) is 2.07. The number of hydrogen-bond acceptors (Lipinski definition) is 3. The van der Waals surface area contributed by atoms with Crippen LogP contribution in [0, 0.1) is 6.92 Å². The van der Waals surface area contributed by atoms with Crippen LogP contribution in [0.4, 0.5) is 0 Å². The van der Waals surface area contributed by atoms with Gasteiger partial charge >= 0.3 is 5.97 Å². The Morgan fingerprint density at radius 3 is 2.88 bits per heavy atom. The molecule has 2 aromatic heterocycles. The first-order chi connectivity index (χ1) is 11.6. The summed E-state index contributed by atoms with van der Waals surface area (Å²) in [5.41, 5.74) is 4.24. The van der Waals surface area contributed by atoms with Crippen molar-refractivity contribution < 1.29 is 9.90 Å². The Hall–Kier alpha value is -2.69. The van der Waals surface area contributed by atoms with E-state index in [0.29, 0.717) is 23.6 Å². The summed E-state index contributed by atoms with van der Waals surface area (Å²) in [4.78, 5) is 15.5. The third-order valence-corrected chi connectivity index (χ3v) is 4.85. The highest BCUT2D eigenvalue weighted by Crippen LogP contribution is 2.35. The van der Waals surface area contributed by atoms with Gasteiger partial charge in [-0.2, -0.15) is 5.10 Å². The number of aryl methyl sites for hydroxylation is 1. The van der Waals surface area contributed by atoms with Gasteiger partial charge in [-0.05, 0) is 49.9 Å². The minimum Gasteiger partial charge on any atom is -0.478 e. The van der Waals surface area contributed by atoms with Gasteiger partial charge < -0.3 is 5.11 Å². The number of carboxylic acids is 1. The first-order valence-electron chi connectivity index (χ1n) is 8.27. The molecule has 0 saturated heterocycles. The summed E-state index contributed by atoms with van der Waals surface area (Å²) >= 11 is 0. The van der Waals surface area contributed by atoms with Crippen LogP contribution in [-0.2, 0) is 6.42 Å². The van der Waals surface area contributed by atoms with E-state index >= 15 is 0 Å². The van der Waals surface area contributed by atoms with Crippen LogP contribution in [0.5, 0.6) is 0 Å². The van der Waals surface area contributed by atoms with Crippen molar-refractivity contribution in [3.8, 4) is 0 Å². The molecule has 2 heterocycles. The smallest absolute Gasteiger partial charge is 0.336 e. The normalized spacial score (nSPS) is 14.7. The second-order valence-corrected chi connectivity index (χ2v) is 6.51. The van der Waals surface area contributed by atoms with Gasteiger partial charge in [0.05, 0.1) is 22.8 Å². The molecule has 1 saturated carbocycles. The third-order valence-electron chi connectivity index (χ3n) is 4.85. The fourth-order valence-electron chi connectivity index (χ4n) is 3.32. The molecule has 0 atom stereocenters. The van der Waals surface area contributed by atoms with E-state index in [1.165, 1.54) is 18.2 Å². The van der Waals surface area contributed by atoms with Crippen LogP contribution in [-0.4, -0.2) is 25.8 Å². The predicted molar refractivity (Wildman–Crippen MR) is 91.4 cm³/mol. The second-order valence-electron chi connectivity index (χ2n) is 6.51. The molecule has 1 aromatic carbocycles. The van der Waals surface area contributed by atoms with E-state index in [2.05, 4.69) is 34.8 Å². The predicted octanol–water partition coefficient (Wildman–Crippen LogP) is 3.75. The van der Waals surface area contributed by atoms with Crippen LogP contribution in [0.25, 0.3) is 10.9 Å². The molecule has 122 valence electrons. The number of fused-ring (bicyclic) bond motifs is 1. The van der Waals surface area contributed by atoms with Crippen LogP contribution in [0.3, 0.4) is 0 Å². The maximum atomic E-state index is 11.4. The highest BCUT2D eigenvalue weighted by Gasteiger charge is 2.24. The highest BCUT2D eigenvalue weighted by atomic mass is 16.4. The SMILES string of the molecule is Cc1ccc2c(c1)c(Cc1cnccc1C(=O)O)nn2C1CCC1. The maximum Gasteiger partial charge on any atom is 0.336 e. The summed E-state index contributed by atoms with van der Waals surface area (Å²) in [5, 5.41) is 15.3. The van der Waals surface area contributed by atoms with Gasteiger partial charge in [0.2, 0.25) is 0 Å². The first kappa shape index (κ1) is 14.9. The zero-order valence-corrected chi connectivity index (χ0v) is 13.6. The average molecular weight is 321 g/mol. The van der Waals surface area contributed by atoms with Crippen molar-refractivity contribution in [3.63, 3.8) is 0 Å². The van der Waals surface area contributed by atoms with Crippen molar-refractivity contribution in [2.75, 3.05) is 0 Å². The van der Waals surface area contributed by atoms with Crippen LogP contribution < -0.4 is 0 Å². The molecule has 5 heteroatoms. The number of rotatable bonds is 4. The van der Waals surface area contributed by atoms with E-state index in [0.717, 1.165) is 29.4 Å². The van der Waals surface area contributed by atoms with Gasteiger partial charge in [-0.15, -0.1) is 0 Å². The molecule has 1 aliphatic rings. The molecule has 1 aliphatic carbocycles. The summed E-state index contributed by atoms with van der Waals surface area (Å²) in [6, 6.07) is 8.39. The molecule has 0 radical (unpaired) electrons. The summed E-state index contributed by atoms with van der Waals surface area (Å²) in [7, 11) is 0. The van der Waals surface area contributed by atoms with Gasteiger partial charge in [0.15, 0.2) is 0 Å². The van der Waals surface area contributed by atoms with Crippen molar-refractivity contribution in [2.24, 2.45) is 0 Å². The van der Waals surface area contributed by atoms with Gasteiger partial charge in [0, 0.05) is 24.2 Å².